The average Bonchev–Trinajstić information content (AvgIpc) is 3.22. The molecule has 0 amide bonds. The normalized spacial score (nSPS) is 16.6. The minimum atomic E-state index is -0.181. The summed E-state index contributed by atoms with van der Waals surface area (Å²) in [4.78, 5) is 19.7. The first-order chi connectivity index (χ1) is 17.6. The predicted molar refractivity (Wildman–Crippen MR) is 143 cm³/mol. The summed E-state index contributed by atoms with van der Waals surface area (Å²) in [6.07, 6.45) is 3.70. The Hall–Kier alpha value is -3.90. The van der Waals surface area contributed by atoms with Gasteiger partial charge in [0.05, 0.1) is 30.5 Å². The van der Waals surface area contributed by atoms with Crippen molar-refractivity contribution >= 4 is 23.1 Å². The van der Waals surface area contributed by atoms with Gasteiger partial charge in [-0.3, -0.25) is 9.36 Å². The van der Waals surface area contributed by atoms with E-state index in [1.165, 1.54) is 33.6 Å². The lowest BCUT2D eigenvalue weighted by atomic mass is 9.83. The van der Waals surface area contributed by atoms with Crippen LogP contribution in [0.5, 0.6) is 11.5 Å². The molecule has 0 spiro atoms. The third-order valence-corrected chi connectivity index (χ3v) is 7.97. The standard InChI is InChI=1S/C30H26N2O3S/c1-18-8-10-20(11-9-18)28-24-14-12-19-6-4-5-7-23(19)27(24)31-30-32(28)29(33)26(36-30)17-21-16-22(34-2)13-15-25(21)35-3/h4-11,13,15-17,28H,12,14H2,1-3H3. The molecule has 0 radical (unpaired) electrons. The van der Waals surface area contributed by atoms with Gasteiger partial charge in [-0.25, -0.2) is 4.99 Å². The molecule has 0 saturated carbocycles. The van der Waals surface area contributed by atoms with Gasteiger partial charge in [0.2, 0.25) is 0 Å². The summed E-state index contributed by atoms with van der Waals surface area (Å²) in [5.41, 5.74) is 7.74. The SMILES string of the molecule is COc1ccc(OC)c(C=c2sc3n(c2=O)C(c2ccc(C)cc2)C2=C(N=3)c3ccccc3CC2)c1. The van der Waals surface area contributed by atoms with Gasteiger partial charge in [-0.1, -0.05) is 65.4 Å². The van der Waals surface area contributed by atoms with Crippen molar-refractivity contribution in [2.24, 2.45) is 4.99 Å². The quantitative estimate of drug-likeness (QED) is 0.415. The van der Waals surface area contributed by atoms with Crippen molar-refractivity contribution in [1.82, 2.24) is 4.57 Å². The molecular formula is C30H26N2O3S. The maximum Gasteiger partial charge on any atom is 0.271 e. The summed E-state index contributed by atoms with van der Waals surface area (Å²) >= 11 is 1.42. The Morgan fingerprint density at radius 3 is 2.58 bits per heavy atom. The summed E-state index contributed by atoms with van der Waals surface area (Å²) < 4.78 is 13.5. The first kappa shape index (κ1) is 22.6. The first-order valence-corrected chi connectivity index (χ1v) is 12.8. The van der Waals surface area contributed by atoms with Crippen LogP contribution in [-0.2, 0) is 6.42 Å². The van der Waals surface area contributed by atoms with E-state index < -0.39 is 0 Å². The average molecular weight is 495 g/mol. The fourth-order valence-electron chi connectivity index (χ4n) is 5.16. The molecule has 180 valence electrons. The molecule has 1 unspecified atom stereocenters. The van der Waals surface area contributed by atoms with E-state index in [0.29, 0.717) is 20.8 Å². The Kier molecular flexibility index (Phi) is 5.61. The van der Waals surface area contributed by atoms with Gasteiger partial charge in [-0.05, 0) is 60.7 Å². The molecule has 5 nitrogen and oxygen atoms in total. The van der Waals surface area contributed by atoms with Crippen LogP contribution in [0.3, 0.4) is 0 Å². The van der Waals surface area contributed by atoms with Crippen LogP contribution in [-0.4, -0.2) is 18.8 Å². The number of ether oxygens (including phenoxy) is 2. The largest absolute Gasteiger partial charge is 0.497 e. The van der Waals surface area contributed by atoms with Crippen molar-refractivity contribution in [3.63, 3.8) is 0 Å². The summed E-state index contributed by atoms with van der Waals surface area (Å²) in [6, 6.07) is 22.4. The molecule has 2 heterocycles. The number of methoxy groups -OCH3 is 2. The molecule has 3 aromatic carbocycles. The lowest BCUT2D eigenvalue weighted by Crippen LogP contribution is -2.38. The van der Waals surface area contributed by atoms with E-state index in [0.717, 1.165) is 29.7 Å². The second-order valence-electron chi connectivity index (χ2n) is 9.13. The third kappa shape index (κ3) is 3.69. The van der Waals surface area contributed by atoms with E-state index in [-0.39, 0.29) is 11.6 Å². The van der Waals surface area contributed by atoms with Gasteiger partial charge >= 0.3 is 0 Å². The van der Waals surface area contributed by atoms with Crippen molar-refractivity contribution in [2.45, 2.75) is 25.8 Å². The smallest absolute Gasteiger partial charge is 0.271 e. The van der Waals surface area contributed by atoms with Crippen LogP contribution in [0.1, 0.15) is 40.3 Å². The van der Waals surface area contributed by atoms with Crippen molar-refractivity contribution < 1.29 is 9.47 Å². The van der Waals surface area contributed by atoms with Gasteiger partial charge in [0.1, 0.15) is 11.5 Å². The van der Waals surface area contributed by atoms with E-state index >= 15 is 0 Å². The molecule has 0 saturated heterocycles. The third-order valence-electron chi connectivity index (χ3n) is 6.99. The molecule has 0 fully saturated rings. The molecule has 1 aliphatic heterocycles. The number of hydrogen-bond acceptors (Lipinski definition) is 5. The van der Waals surface area contributed by atoms with E-state index in [2.05, 4.69) is 55.5 Å². The van der Waals surface area contributed by atoms with Crippen molar-refractivity contribution in [1.29, 1.82) is 0 Å². The van der Waals surface area contributed by atoms with E-state index in [1.54, 1.807) is 14.2 Å². The molecule has 6 rings (SSSR count). The Balaban J connectivity index is 1.62. The highest BCUT2D eigenvalue weighted by atomic mass is 32.1. The van der Waals surface area contributed by atoms with Crippen molar-refractivity contribution in [3.05, 3.63) is 120 Å². The van der Waals surface area contributed by atoms with Crippen LogP contribution in [0.15, 0.2) is 82.1 Å². The van der Waals surface area contributed by atoms with Crippen LogP contribution in [0.25, 0.3) is 11.8 Å². The first-order valence-electron chi connectivity index (χ1n) is 12.0. The molecule has 0 bridgehead atoms. The maximum atomic E-state index is 13.9. The Morgan fingerprint density at radius 2 is 1.81 bits per heavy atom. The number of allylic oxidation sites excluding steroid dienone is 1. The molecule has 6 heteroatoms. The van der Waals surface area contributed by atoms with E-state index in [4.69, 9.17) is 14.5 Å². The molecule has 0 N–H and O–H groups in total. The lowest BCUT2D eigenvalue weighted by Gasteiger charge is -2.30. The van der Waals surface area contributed by atoms with Gasteiger partial charge < -0.3 is 9.47 Å². The lowest BCUT2D eigenvalue weighted by molar-refractivity contribution is 0.402. The molecular weight excluding hydrogens is 468 g/mol. The van der Waals surface area contributed by atoms with Gasteiger partial charge in [0, 0.05) is 11.1 Å². The number of aryl methyl sites for hydroxylation is 2. The van der Waals surface area contributed by atoms with Crippen LogP contribution in [0.2, 0.25) is 0 Å². The minimum absolute atomic E-state index is 0.0420. The van der Waals surface area contributed by atoms with Crippen molar-refractivity contribution in [2.75, 3.05) is 14.2 Å². The number of fused-ring (bicyclic) bond motifs is 3. The Morgan fingerprint density at radius 1 is 1.00 bits per heavy atom. The fourth-order valence-corrected chi connectivity index (χ4v) is 6.16. The number of nitrogens with zero attached hydrogens (tertiary/aromatic N) is 2. The predicted octanol–water partition coefficient (Wildman–Crippen LogP) is 4.64. The maximum absolute atomic E-state index is 13.9. The zero-order chi connectivity index (χ0) is 24.8. The van der Waals surface area contributed by atoms with Gasteiger partial charge in [0.25, 0.3) is 5.56 Å². The number of thiazole rings is 1. The highest BCUT2D eigenvalue weighted by Gasteiger charge is 2.32. The summed E-state index contributed by atoms with van der Waals surface area (Å²) in [7, 11) is 3.26. The number of hydrogen-bond donors (Lipinski definition) is 0. The molecule has 1 aromatic heterocycles. The molecule has 4 aromatic rings. The highest BCUT2D eigenvalue weighted by molar-refractivity contribution is 7.07. The van der Waals surface area contributed by atoms with Crippen molar-refractivity contribution in [3.8, 4) is 11.5 Å². The molecule has 1 atom stereocenters. The second-order valence-corrected chi connectivity index (χ2v) is 10.1. The Labute approximate surface area is 213 Å². The van der Waals surface area contributed by atoms with Gasteiger partial charge in [0.15, 0.2) is 4.80 Å². The number of rotatable bonds is 4. The monoisotopic (exact) mass is 494 g/mol. The summed E-state index contributed by atoms with van der Waals surface area (Å²) in [5, 5.41) is 0. The zero-order valence-corrected chi connectivity index (χ0v) is 21.3. The van der Waals surface area contributed by atoms with Crippen LogP contribution >= 0.6 is 11.3 Å². The molecule has 2 aliphatic rings. The van der Waals surface area contributed by atoms with Gasteiger partial charge in [-0.15, -0.1) is 0 Å². The summed E-state index contributed by atoms with van der Waals surface area (Å²) in [6.45, 7) is 2.08. The van der Waals surface area contributed by atoms with Crippen LogP contribution in [0, 0.1) is 6.92 Å². The second kappa shape index (κ2) is 8.95. The zero-order valence-electron chi connectivity index (χ0n) is 20.4. The Bertz CT molecular complexity index is 1690. The summed E-state index contributed by atoms with van der Waals surface area (Å²) in [5.74, 6) is 1.39. The minimum Gasteiger partial charge on any atom is -0.497 e. The number of benzene rings is 3. The highest BCUT2D eigenvalue weighted by Crippen LogP contribution is 2.41. The molecule has 36 heavy (non-hydrogen) atoms. The van der Waals surface area contributed by atoms with E-state index in [1.807, 2.05) is 28.8 Å². The van der Waals surface area contributed by atoms with Crippen LogP contribution in [0.4, 0.5) is 0 Å². The molecule has 1 aliphatic carbocycles. The fraction of sp³-hybridized carbons (Fsp3) is 0.200. The van der Waals surface area contributed by atoms with Gasteiger partial charge in [-0.2, -0.15) is 0 Å². The van der Waals surface area contributed by atoms with Crippen LogP contribution < -0.4 is 24.4 Å². The topological polar surface area (TPSA) is 52.8 Å². The van der Waals surface area contributed by atoms with E-state index in [9.17, 15) is 4.79 Å². The number of aromatic nitrogens is 1.